The van der Waals surface area contributed by atoms with E-state index in [1.165, 1.54) is 12.1 Å². The third-order valence-electron chi connectivity index (χ3n) is 3.50. The zero-order valence-electron chi connectivity index (χ0n) is 10.0. The van der Waals surface area contributed by atoms with Gasteiger partial charge in [-0.15, -0.1) is 0 Å². The number of carbonyl (C=O) groups is 1. The predicted octanol–water partition coefficient (Wildman–Crippen LogP) is 2.48. The first-order valence-corrected chi connectivity index (χ1v) is 5.87. The molecule has 0 aromatic heterocycles. The van der Waals surface area contributed by atoms with Crippen molar-refractivity contribution in [3.8, 4) is 0 Å². The smallest absolute Gasteiger partial charge is 0.310 e. The summed E-state index contributed by atoms with van der Waals surface area (Å²) in [6.45, 7) is 1.97. The van der Waals surface area contributed by atoms with Crippen LogP contribution in [0.5, 0.6) is 0 Å². The van der Waals surface area contributed by atoms with Crippen LogP contribution in [0.1, 0.15) is 31.4 Å². The highest BCUT2D eigenvalue weighted by Gasteiger charge is 2.50. The Labute approximate surface area is 104 Å². The average molecular weight is 255 g/mol. The maximum atomic E-state index is 13.5. The summed E-state index contributed by atoms with van der Waals surface area (Å²) < 4.78 is 26.6. The zero-order chi connectivity index (χ0) is 13.3. The highest BCUT2D eigenvalue weighted by Crippen LogP contribution is 2.45. The Morgan fingerprint density at radius 2 is 2.17 bits per heavy atom. The summed E-state index contributed by atoms with van der Waals surface area (Å²) in [6.07, 6.45) is 1.27. The maximum absolute atomic E-state index is 13.5. The summed E-state index contributed by atoms with van der Waals surface area (Å²) in [5.74, 6) is -2.60. The molecule has 1 aromatic carbocycles. The number of aliphatic carboxylic acids is 1. The third-order valence-corrected chi connectivity index (χ3v) is 3.50. The van der Waals surface area contributed by atoms with Crippen LogP contribution in [0.25, 0.3) is 0 Å². The second-order valence-corrected chi connectivity index (χ2v) is 4.83. The highest BCUT2D eigenvalue weighted by atomic mass is 19.2. The Balaban J connectivity index is 2.02. The number of hydrogen-bond donors (Lipinski definition) is 2. The van der Waals surface area contributed by atoms with Crippen LogP contribution < -0.4 is 5.32 Å². The van der Waals surface area contributed by atoms with E-state index in [9.17, 15) is 13.6 Å². The first kappa shape index (κ1) is 13.0. The molecule has 2 rings (SSSR count). The summed E-state index contributed by atoms with van der Waals surface area (Å²) >= 11 is 0. The fourth-order valence-electron chi connectivity index (χ4n) is 1.93. The Bertz CT molecular complexity index is 472. The lowest BCUT2D eigenvalue weighted by Gasteiger charge is -2.18. The molecule has 1 saturated carbocycles. The highest BCUT2D eigenvalue weighted by molar-refractivity contribution is 5.78. The van der Waals surface area contributed by atoms with Gasteiger partial charge in [-0.25, -0.2) is 8.78 Å². The summed E-state index contributed by atoms with van der Waals surface area (Å²) in [7, 11) is 0. The van der Waals surface area contributed by atoms with Crippen molar-refractivity contribution in [3.63, 3.8) is 0 Å². The van der Waals surface area contributed by atoms with Crippen LogP contribution in [0.4, 0.5) is 8.78 Å². The van der Waals surface area contributed by atoms with Gasteiger partial charge in [0.1, 0.15) is 0 Å². The predicted molar refractivity (Wildman–Crippen MR) is 62.1 cm³/mol. The Hall–Kier alpha value is -1.49. The Morgan fingerprint density at radius 1 is 1.50 bits per heavy atom. The van der Waals surface area contributed by atoms with Gasteiger partial charge in [0.05, 0.1) is 5.41 Å². The first-order valence-electron chi connectivity index (χ1n) is 5.87. The monoisotopic (exact) mass is 255 g/mol. The van der Waals surface area contributed by atoms with Crippen LogP contribution in [-0.4, -0.2) is 17.6 Å². The Kier molecular flexibility index (Phi) is 3.34. The van der Waals surface area contributed by atoms with Gasteiger partial charge in [-0.1, -0.05) is 12.1 Å². The molecule has 1 unspecified atom stereocenters. The van der Waals surface area contributed by atoms with E-state index in [-0.39, 0.29) is 12.1 Å². The van der Waals surface area contributed by atoms with Gasteiger partial charge in [0.25, 0.3) is 0 Å². The molecule has 5 heteroatoms. The average Bonchev–Trinajstić information content (AvgIpc) is 3.11. The zero-order valence-corrected chi connectivity index (χ0v) is 10.0. The molecule has 3 nitrogen and oxygen atoms in total. The molecule has 0 spiro atoms. The van der Waals surface area contributed by atoms with Gasteiger partial charge in [-0.05, 0) is 25.8 Å². The molecule has 1 atom stereocenters. The summed E-state index contributed by atoms with van der Waals surface area (Å²) in [5, 5.41) is 12.0. The van der Waals surface area contributed by atoms with Crippen molar-refractivity contribution in [2.75, 3.05) is 6.54 Å². The van der Waals surface area contributed by atoms with E-state index in [4.69, 9.17) is 5.11 Å². The van der Waals surface area contributed by atoms with Crippen molar-refractivity contribution in [2.24, 2.45) is 5.41 Å². The van der Waals surface area contributed by atoms with Gasteiger partial charge < -0.3 is 10.4 Å². The molecule has 1 aliphatic carbocycles. The fraction of sp³-hybridized carbons (Fsp3) is 0.462. The van der Waals surface area contributed by atoms with Crippen molar-refractivity contribution in [3.05, 3.63) is 35.4 Å². The number of carboxylic acids is 1. The van der Waals surface area contributed by atoms with E-state index in [1.54, 1.807) is 6.92 Å². The molecule has 0 aliphatic heterocycles. The van der Waals surface area contributed by atoms with E-state index in [0.717, 1.165) is 6.07 Å². The molecular formula is C13H15F2NO2. The van der Waals surface area contributed by atoms with Crippen molar-refractivity contribution in [2.45, 2.75) is 25.8 Å². The molecule has 1 aromatic rings. The van der Waals surface area contributed by atoms with Crippen molar-refractivity contribution in [1.29, 1.82) is 0 Å². The molecule has 1 fully saturated rings. The molecule has 1 aliphatic rings. The lowest BCUT2D eigenvalue weighted by atomic mass is 10.0. The normalized spacial score (nSPS) is 18.4. The Morgan fingerprint density at radius 3 is 2.72 bits per heavy atom. The number of benzene rings is 1. The van der Waals surface area contributed by atoms with Gasteiger partial charge >= 0.3 is 5.97 Å². The van der Waals surface area contributed by atoms with Crippen LogP contribution in [0.15, 0.2) is 18.2 Å². The SMILES string of the molecule is CC(NCC1(C(=O)O)CC1)c1cccc(F)c1F. The van der Waals surface area contributed by atoms with Crippen molar-refractivity contribution < 1.29 is 18.7 Å². The number of hydrogen-bond acceptors (Lipinski definition) is 2. The minimum Gasteiger partial charge on any atom is -0.481 e. The minimum absolute atomic E-state index is 0.219. The van der Waals surface area contributed by atoms with Crippen LogP contribution in [0.2, 0.25) is 0 Å². The van der Waals surface area contributed by atoms with Crippen molar-refractivity contribution >= 4 is 5.97 Å². The first-order chi connectivity index (χ1) is 8.46. The van der Waals surface area contributed by atoms with E-state index < -0.39 is 29.1 Å². The van der Waals surface area contributed by atoms with Crippen LogP contribution in [0, 0.1) is 17.0 Å². The largest absolute Gasteiger partial charge is 0.481 e. The van der Waals surface area contributed by atoms with Crippen LogP contribution in [-0.2, 0) is 4.79 Å². The number of halogens is 2. The summed E-state index contributed by atoms with van der Waals surface area (Å²) in [6, 6.07) is 3.58. The van der Waals surface area contributed by atoms with Crippen molar-refractivity contribution in [1.82, 2.24) is 5.32 Å². The fourth-order valence-corrected chi connectivity index (χ4v) is 1.93. The van der Waals surface area contributed by atoms with E-state index in [2.05, 4.69) is 5.32 Å². The molecule has 2 N–H and O–H groups in total. The molecule has 0 amide bonds. The molecule has 0 saturated heterocycles. The minimum atomic E-state index is -0.888. The van der Waals surface area contributed by atoms with Gasteiger partial charge in [0.15, 0.2) is 11.6 Å². The molecule has 18 heavy (non-hydrogen) atoms. The molecule has 0 heterocycles. The molecule has 0 bridgehead atoms. The van der Waals surface area contributed by atoms with E-state index in [1.807, 2.05) is 0 Å². The molecular weight excluding hydrogens is 240 g/mol. The van der Waals surface area contributed by atoms with E-state index in [0.29, 0.717) is 12.8 Å². The van der Waals surface area contributed by atoms with Gasteiger partial charge in [-0.3, -0.25) is 4.79 Å². The molecule has 0 radical (unpaired) electrons. The summed E-state index contributed by atoms with van der Waals surface area (Å²) in [5.41, 5.74) is -0.492. The number of nitrogens with one attached hydrogen (secondary N) is 1. The van der Waals surface area contributed by atoms with Gasteiger partial charge in [0, 0.05) is 18.2 Å². The van der Waals surface area contributed by atoms with Gasteiger partial charge in [0.2, 0.25) is 0 Å². The topological polar surface area (TPSA) is 49.3 Å². The molecule has 98 valence electrons. The number of rotatable bonds is 5. The van der Waals surface area contributed by atoms with Crippen LogP contribution in [0.3, 0.4) is 0 Å². The second kappa shape index (κ2) is 4.65. The standard InChI is InChI=1S/C13H15F2NO2/c1-8(9-3-2-4-10(14)11(9)15)16-7-13(5-6-13)12(17)18/h2-4,8,16H,5-7H2,1H3,(H,17,18). The van der Waals surface area contributed by atoms with Crippen LogP contribution >= 0.6 is 0 Å². The van der Waals surface area contributed by atoms with E-state index >= 15 is 0 Å². The lowest BCUT2D eigenvalue weighted by molar-refractivity contribution is -0.143. The maximum Gasteiger partial charge on any atom is 0.310 e. The third kappa shape index (κ3) is 2.36. The number of carboxylic acid groups (broad SMARTS) is 1. The second-order valence-electron chi connectivity index (χ2n) is 4.83. The quantitative estimate of drug-likeness (QED) is 0.849. The lowest BCUT2D eigenvalue weighted by Crippen LogP contribution is -2.32. The van der Waals surface area contributed by atoms with Gasteiger partial charge in [-0.2, -0.15) is 0 Å². The summed E-state index contributed by atoms with van der Waals surface area (Å²) in [4.78, 5) is 11.0.